The quantitative estimate of drug-likeness (QED) is 0.548. The van der Waals surface area contributed by atoms with Crippen LogP contribution in [0.15, 0.2) is 54.6 Å². The van der Waals surface area contributed by atoms with E-state index in [1.807, 2.05) is 75.4 Å². The number of hydrogen-bond acceptors (Lipinski definition) is 3. The monoisotopic (exact) mass is 508 g/mol. The van der Waals surface area contributed by atoms with Gasteiger partial charge in [-0.1, -0.05) is 30.3 Å². The van der Waals surface area contributed by atoms with Crippen LogP contribution in [0.1, 0.15) is 33.3 Å². The van der Waals surface area contributed by atoms with Crippen molar-refractivity contribution < 1.29 is 14.3 Å². The standard InChI is InChI=1S/C23H29IN2O3/c1-17(22(28)25-23(2,3)4)26(15-14-18-8-6-5-7-9-18)21(27)16-29-20-12-10-19(24)11-13-20/h5-13,17H,14-16H2,1-4H3,(H,25,28)/t17-/m1/s1. The number of nitrogens with zero attached hydrogens (tertiary/aromatic N) is 1. The Labute approximate surface area is 187 Å². The van der Waals surface area contributed by atoms with E-state index in [4.69, 9.17) is 4.74 Å². The van der Waals surface area contributed by atoms with Gasteiger partial charge in [-0.3, -0.25) is 9.59 Å². The van der Waals surface area contributed by atoms with Gasteiger partial charge in [0.25, 0.3) is 5.91 Å². The molecule has 0 unspecified atom stereocenters. The van der Waals surface area contributed by atoms with E-state index in [1.165, 1.54) is 0 Å². The van der Waals surface area contributed by atoms with Crippen LogP contribution in [0, 0.1) is 3.57 Å². The molecule has 0 fully saturated rings. The largest absolute Gasteiger partial charge is 0.484 e. The minimum absolute atomic E-state index is 0.109. The molecule has 0 aromatic heterocycles. The predicted octanol–water partition coefficient (Wildman–Crippen LogP) is 4.04. The average molecular weight is 508 g/mol. The Bertz CT molecular complexity index is 801. The summed E-state index contributed by atoms with van der Waals surface area (Å²) >= 11 is 2.22. The normalized spacial score (nSPS) is 12.2. The third kappa shape index (κ3) is 8.04. The fraction of sp³-hybridized carbons (Fsp3) is 0.391. The summed E-state index contributed by atoms with van der Waals surface area (Å²) in [6.07, 6.45) is 0.670. The van der Waals surface area contributed by atoms with Crippen LogP contribution in [-0.4, -0.2) is 41.4 Å². The molecule has 2 aromatic carbocycles. The Morgan fingerprint density at radius 2 is 1.69 bits per heavy atom. The Morgan fingerprint density at radius 1 is 1.07 bits per heavy atom. The van der Waals surface area contributed by atoms with Crippen LogP contribution in [0.25, 0.3) is 0 Å². The molecule has 1 N–H and O–H groups in total. The van der Waals surface area contributed by atoms with Crippen LogP contribution in [0.5, 0.6) is 5.75 Å². The zero-order valence-corrected chi connectivity index (χ0v) is 19.6. The Balaban J connectivity index is 2.07. The predicted molar refractivity (Wildman–Crippen MR) is 124 cm³/mol. The lowest BCUT2D eigenvalue weighted by molar-refractivity contribution is -0.142. The highest BCUT2D eigenvalue weighted by atomic mass is 127. The SMILES string of the molecule is C[C@H](C(=O)NC(C)(C)C)N(CCc1ccccc1)C(=O)COc1ccc(I)cc1. The molecule has 29 heavy (non-hydrogen) atoms. The van der Waals surface area contributed by atoms with E-state index in [9.17, 15) is 9.59 Å². The fourth-order valence-corrected chi connectivity index (χ4v) is 3.16. The zero-order valence-electron chi connectivity index (χ0n) is 17.4. The summed E-state index contributed by atoms with van der Waals surface area (Å²) < 4.78 is 6.76. The number of rotatable bonds is 8. The van der Waals surface area contributed by atoms with E-state index in [-0.39, 0.29) is 24.0 Å². The molecule has 0 aliphatic carbocycles. The van der Waals surface area contributed by atoms with Crippen molar-refractivity contribution in [2.24, 2.45) is 0 Å². The zero-order chi connectivity index (χ0) is 21.4. The minimum Gasteiger partial charge on any atom is -0.484 e. The lowest BCUT2D eigenvalue weighted by Gasteiger charge is -2.31. The van der Waals surface area contributed by atoms with Crippen molar-refractivity contribution in [3.63, 3.8) is 0 Å². The van der Waals surface area contributed by atoms with Crippen molar-refractivity contribution in [1.82, 2.24) is 10.2 Å². The molecule has 0 heterocycles. The van der Waals surface area contributed by atoms with Gasteiger partial charge in [0.15, 0.2) is 6.61 Å². The van der Waals surface area contributed by atoms with Crippen molar-refractivity contribution in [2.75, 3.05) is 13.2 Å². The number of nitrogens with one attached hydrogen (secondary N) is 1. The van der Waals surface area contributed by atoms with E-state index in [2.05, 4.69) is 27.9 Å². The number of carbonyl (C=O) groups is 2. The number of hydrogen-bond donors (Lipinski definition) is 1. The number of benzene rings is 2. The first-order valence-corrected chi connectivity index (χ1v) is 10.8. The first-order valence-electron chi connectivity index (χ1n) is 9.69. The van der Waals surface area contributed by atoms with Crippen molar-refractivity contribution >= 4 is 34.4 Å². The van der Waals surface area contributed by atoms with Gasteiger partial charge >= 0.3 is 0 Å². The summed E-state index contributed by atoms with van der Waals surface area (Å²) in [4.78, 5) is 27.2. The van der Waals surface area contributed by atoms with E-state index in [0.29, 0.717) is 18.7 Å². The Morgan fingerprint density at radius 3 is 2.28 bits per heavy atom. The number of ether oxygens (including phenoxy) is 1. The van der Waals surface area contributed by atoms with Crippen LogP contribution in [0.4, 0.5) is 0 Å². The molecule has 1 atom stereocenters. The summed E-state index contributed by atoms with van der Waals surface area (Å²) in [5, 5.41) is 2.96. The van der Waals surface area contributed by atoms with E-state index in [0.717, 1.165) is 9.13 Å². The molecule has 2 aromatic rings. The molecular weight excluding hydrogens is 479 g/mol. The van der Waals surface area contributed by atoms with Gasteiger partial charge in [-0.05, 0) is 86.5 Å². The van der Waals surface area contributed by atoms with Gasteiger partial charge < -0.3 is 15.0 Å². The topological polar surface area (TPSA) is 58.6 Å². The number of amides is 2. The summed E-state index contributed by atoms with van der Waals surface area (Å²) in [6.45, 7) is 7.86. The molecule has 0 aliphatic heterocycles. The lowest BCUT2D eigenvalue weighted by Crippen LogP contribution is -2.53. The average Bonchev–Trinajstić information content (AvgIpc) is 2.67. The molecule has 2 rings (SSSR count). The summed E-state index contributed by atoms with van der Waals surface area (Å²) in [5.41, 5.74) is 0.754. The molecule has 2 amide bonds. The first-order chi connectivity index (χ1) is 13.7. The molecule has 0 bridgehead atoms. The first kappa shape index (κ1) is 23.2. The van der Waals surface area contributed by atoms with E-state index in [1.54, 1.807) is 11.8 Å². The van der Waals surface area contributed by atoms with Gasteiger partial charge in [-0.25, -0.2) is 0 Å². The van der Waals surface area contributed by atoms with E-state index >= 15 is 0 Å². The second kappa shape index (κ2) is 10.6. The molecule has 6 heteroatoms. The Kier molecular flexibility index (Phi) is 8.49. The van der Waals surface area contributed by atoms with Crippen molar-refractivity contribution in [1.29, 1.82) is 0 Å². The molecule has 156 valence electrons. The lowest BCUT2D eigenvalue weighted by atomic mass is 10.1. The van der Waals surface area contributed by atoms with Crippen LogP contribution in [-0.2, 0) is 16.0 Å². The Hall–Kier alpha value is -2.09. The highest BCUT2D eigenvalue weighted by Crippen LogP contribution is 2.14. The van der Waals surface area contributed by atoms with Crippen LogP contribution in [0.2, 0.25) is 0 Å². The van der Waals surface area contributed by atoms with Gasteiger partial charge in [0.05, 0.1) is 0 Å². The maximum atomic E-state index is 12.9. The van der Waals surface area contributed by atoms with Crippen LogP contribution < -0.4 is 10.1 Å². The van der Waals surface area contributed by atoms with Gasteiger partial charge in [-0.15, -0.1) is 0 Å². The molecule has 0 saturated carbocycles. The molecule has 0 aliphatic rings. The third-order valence-electron chi connectivity index (χ3n) is 4.33. The smallest absolute Gasteiger partial charge is 0.261 e. The third-order valence-corrected chi connectivity index (χ3v) is 5.04. The van der Waals surface area contributed by atoms with Crippen molar-refractivity contribution in [3.8, 4) is 5.75 Å². The molecule has 0 saturated heterocycles. The van der Waals surface area contributed by atoms with E-state index < -0.39 is 6.04 Å². The van der Waals surface area contributed by atoms with Gasteiger partial charge in [-0.2, -0.15) is 0 Å². The summed E-state index contributed by atoms with van der Waals surface area (Å²) in [6, 6.07) is 16.9. The van der Waals surface area contributed by atoms with Crippen LogP contribution in [0.3, 0.4) is 0 Å². The minimum atomic E-state index is -0.592. The second-order valence-corrected chi connectivity index (χ2v) is 9.23. The maximum Gasteiger partial charge on any atom is 0.261 e. The molecule has 5 nitrogen and oxygen atoms in total. The molecule has 0 spiro atoms. The highest BCUT2D eigenvalue weighted by molar-refractivity contribution is 14.1. The van der Waals surface area contributed by atoms with Crippen molar-refractivity contribution in [2.45, 2.75) is 45.7 Å². The number of halogens is 1. The van der Waals surface area contributed by atoms with Gasteiger partial charge in [0.2, 0.25) is 5.91 Å². The molecule has 0 radical (unpaired) electrons. The second-order valence-electron chi connectivity index (χ2n) is 7.98. The fourth-order valence-electron chi connectivity index (χ4n) is 2.80. The molecular formula is C23H29IN2O3. The number of carbonyl (C=O) groups excluding carboxylic acids is 2. The summed E-state index contributed by atoms with van der Waals surface area (Å²) in [7, 11) is 0. The maximum absolute atomic E-state index is 12.9. The van der Waals surface area contributed by atoms with Crippen LogP contribution >= 0.6 is 22.6 Å². The highest BCUT2D eigenvalue weighted by Gasteiger charge is 2.28. The van der Waals surface area contributed by atoms with Gasteiger partial charge in [0, 0.05) is 15.7 Å². The van der Waals surface area contributed by atoms with Gasteiger partial charge in [0.1, 0.15) is 11.8 Å². The summed E-state index contributed by atoms with van der Waals surface area (Å²) in [5.74, 6) is 0.248. The van der Waals surface area contributed by atoms with Crippen molar-refractivity contribution in [3.05, 3.63) is 63.7 Å².